The highest BCUT2D eigenvalue weighted by molar-refractivity contribution is 5.73. The van der Waals surface area contributed by atoms with Gasteiger partial charge in [0, 0.05) is 22.5 Å². The number of ether oxygens (including phenoxy) is 1. The van der Waals surface area contributed by atoms with Crippen LogP contribution >= 0.6 is 0 Å². The predicted molar refractivity (Wildman–Crippen MR) is 121 cm³/mol. The fourth-order valence-electron chi connectivity index (χ4n) is 3.42. The third-order valence-corrected chi connectivity index (χ3v) is 5.10. The second-order valence-electron chi connectivity index (χ2n) is 7.60. The number of hydrogen-bond donors (Lipinski definition) is 3. The number of nitrogens with one attached hydrogen (secondary N) is 1. The Balaban J connectivity index is 0.000000429. The lowest BCUT2D eigenvalue weighted by molar-refractivity contribution is -0.192. The van der Waals surface area contributed by atoms with Crippen molar-refractivity contribution in [2.24, 2.45) is 0 Å². The van der Waals surface area contributed by atoms with E-state index in [9.17, 15) is 18.0 Å². The van der Waals surface area contributed by atoms with Gasteiger partial charge in [0.25, 0.3) is 0 Å². The molecule has 3 N–H and O–H groups in total. The number of fused-ring (bicyclic) bond motifs is 1. The van der Waals surface area contributed by atoms with Crippen LogP contribution in [0.5, 0.6) is 5.75 Å². The number of alkyl halides is 3. The van der Waals surface area contributed by atoms with Gasteiger partial charge in [0.2, 0.25) is 0 Å². The molecule has 0 amide bonds. The van der Waals surface area contributed by atoms with E-state index in [4.69, 9.17) is 29.7 Å². The van der Waals surface area contributed by atoms with E-state index in [0.717, 1.165) is 58.9 Å². The summed E-state index contributed by atoms with van der Waals surface area (Å²) in [6, 6.07) is 15.1. The molecule has 0 saturated heterocycles. The highest BCUT2D eigenvalue weighted by Crippen LogP contribution is 2.31. The molecular weight excluding hydrogens is 467 g/mol. The summed E-state index contributed by atoms with van der Waals surface area (Å²) >= 11 is 0. The maximum absolute atomic E-state index is 10.8. The zero-order valence-electron chi connectivity index (χ0n) is 18.6. The number of benzene rings is 2. The van der Waals surface area contributed by atoms with E-state index < -0.39 is 18.1 Å². The van der Waals surface area contributed by atoms with Crippen molar-refractivity contribution in [2.75, 3.05) is 12.4 Å². The van der Waals surface area contributed by atoms with Crippen LogP contribution in [0.4, 0.5) is 24.7 Å². The van der Waals surface area contributed by atoms with Crippen LogP contribution in [-0.4, -0.2) is 45.4 Å². The molecule has 11 heteroatoms. The van der Waals surface area contributed by atoms with Crippen molar-refractivity contribution < 1.29 is 37.7 Å². The number of carbonyl (C=O) groups is 2. The van der Waals surface area contributed by atoms with E-state index in [0.29, 0.717) is 5.82 Å². The summed E-state index contributed by atoms with van der Waals surface area (Å²) in [6.07, 6.45) is -2.09. The molecule has 0 spiro atoms. The van der Waals surface area contributed by atoms with Crippen molar-refractivity contribution in [1.82, 2.24) is 9.97 Å². The zero-order chi connectivity index (χ0) is 25.6. The minimum Gasteiger partial charge on any atom is -0.497 e. The van der Waals surface area contributed by atoms with Gasteiger partial charge in [0.15, 0.2) is 5.82 Å². The summed E-state index contributed by atoms with van der Waals surface area (Å²) in [4.78, 5) is 29.3. The minimum absolute atomic E-state index is 0.0187. The summed E-state index contributed by atoms with van der Waals surface area (Å²) < 4.78 is 37.0. The Morgan fingerprint density at radius 1 is 1.00 bits per heavy atom. The molecule has 1 aliphatic carbocycles. The van der Waals surface area contributed by atoms with Crippen molar-refractivity contribution in [2.45, 2.75) is 31.9 Å². The first-order valence-electron chi connectivity index (χ1n) is 10.5. The molecule has 8 nitrogen and oxygen atoms in total. The maximum atomic E-state index is 10.8. The van der Waals surface area contributed by atoms with Crippen molar-refractivity contribution in [3.63, 3.8) is 0 Å². The Morgan fingerprint density at radius 3 is 2.17 bits per heavy atom. The van der Waals surface area contributed by atoms with Gasteiger partial charge in [-0.25, -0.2) is 14.8 Å². The number of aryl methyl sites for hydroxylation is 1. The van der Waals surface area contributed by atoms with Gasteiger partial charge in [-0.05, 0) is 61.2 Å². The van der Waals surface area contributed by atoms with E-state index in [2.05, 4.69) is 5.32 Å². The van der Waals surface area contributed by atoms with Gasteiger partial charge in [-0.2, -0.15) is 13.2 Å². The number of methoxy groups -OCH3 is 1. The summed E-state index contributed by atoms with van der Waals surface area (Å²) in [6.45, 7) is 0. The molecule has 0 bridgehead atoms. The molecular formula is C24H22F3N3O5. The van der Waals surface area contributed by atoms with Crippen LogP contribution in [-0.2, 0) is 28.9 Å². The Bertz CT molecular complexity index is 1200. The molecule has 1 aromatic heterocycles. The van der Waals surface area contributed by atoms with Crippen molar-refractivity contribution in [1.29, 1.82) is 0 Å². The van der Waals surface area contributed by atoms with E-state index in [1.165, 1.54) is 0 Å². The lowest BCUT2D eigenvalue weighted by Crippen LogP contribution is -2.21. The standard InChI is InChI=1S/C22H21N3O3.C2HF3O2/c1-28-17-11-7-15(8-12-17)21-24-19-4-2-3-18(19)22(25-21)23-16-9-5-14(6-10-16)13-20(26)27;3-2(4,5)1(6)7/h5-12H,2-4,13H2,1H3,(H,26,27)(H,23,24,25);(H,6,7). The fraction of sp³-hybridized carbons (Fsp3) is 0.250. The molecule has 4 rings (SSSR count). The highest BCUT2D eigenvalue weighted by atomic mass is 19.4. The number of hydrogen-bond acceptors (Lipinski definition) is 6. The van der Waals surface area contributed by atoms with Gasteiger partial charge >= 0.3 is 18.1 Å². The van der Waals surface area contributed by atoms with Gasteiger partial charge in [-0.3, -0.25) is 4.79 Å². The van der Waals surface area contributed by atoms with E-state index >= 15 is 0 Å². The molecule has 184 valence electrons. The van der Waals surface area contributed by atoms with Gasteiger partial charge < -0.3 is 20.3 Å². The highest BCUT2D eigenvalue weighted by Gasteiger charge is 2.38. The average Bonchev–Trinajstić information content (AvgIpc) is 3.29. The topological polar surface area (TPSA) is 122 Å². The third-order valence-electron chi connectivity index (χ3n) is 5.10. The van der Waals surface area contributed by atoms with Gasteiger partial charge in [-0.15, -0.1) is 0 Å². The first kappa shape index (κ1) is 25.5. The third kappa shape index (κ3) is 6.92. The van der Waals surface area contributed by atoms with Crippen LogP contribution in [0, 0.1) is 0 Å². The molecule has 35 heavy (non-hydrogen) atoms. The van der Waals surface area contributed by atoms with Crippen LogP contribution < -0.4 is 10.1 Å². The number of aliphatic carboxylic acids is 2. The number of anilines is 2. The number of nitrogens with zero attached hydrogens (tertiary/aromatic N) is 2. The first-order chi connectivity index (χ1) is 16.6. The summed E-state index contributed by atoms with van der Waals surface area (Å²) in [5.74, 6) is -1.29. The molecule has 2 aromatic carbocycles. The Kier molecular flexibility index (Phi) is 7.90. The number of rotatable bonds is 6. The molecule has 0 aliphatic heterocycles. The Hall–Kier alpha value is -4.15. The smallest absolute Gasteiger partial charge is 0.490 e. The lowest BCUT2D eigenvalue weighted by atomic mass is 10.1. The minimum atomic E-state index is -5.08. The van der Waals surface area contributed by atoms with Crippen LogP contribution in [0.1, 0.15) is 23.2 Å². The summed E-state index contributed by atoms with van der Waals surface area (Å²) in [5, 5.41) is 19.4. The molecule has 0 saturated carbocycles. The van der Waals surface area contributed by atoms with Crippen molar-refractivity contribution >= 4 is 23.4 Å². The second-order valence-corrected chi connectivity index (χ2v) is 7.60. The van der Waals surface area contributed by atoms with E-state index in [-0.39, 0.29) is 6.42 Å². The largest absolute Gasteiger partial charge is 0.497 e. The summed E-state index contributed by atoms with van der Waals surface area (Å²) in [5.41, 5.74) is 4.83. The Morgan fingerprint density at radius 2 is 1.63 bits per heavy atom. The predicted octanol–water partition coefficient (Wildman–Crippen LogP) is 4.64. The molecule has 1 aliphatic rings. The summed E-state index contributed by atoms with van der Waals surface area (Å²) in [7, 11) is 1.64. The molecule has 0 radical (unpaired) electrons. The number of carboxylic acid groups (broad SMARTS) is 2. The van der Waals surface area contributed by atoms with Crippen LogP contribution in [0.25, 0.3) is 11.4 Å². The van der Waals surface area contributed by atoms with Crippen molar-refractivity contribution in [3.05, 3.63) is 65.4 Å². The van der Waals surface area contributed by atoms with Gasteiger partial charge in [0.05, 0.1) is 13.5 Å². The van der Waals surface area contributed by atoms with Crippen LogP contribution in [0.2, 0.25) is 0 Å². The second kappa shape index (κ2) is 10.9. The maximum Gasteiger partial charge on any atom is 0.490 e. The number of carboxylic acids is 2. The van der Waals surface area contributed by atoms with Crippen LogP contribution in [0.15, 0.2) is 48.5 Å². The zero-order valence-corrected chi connectivity index (χ0v) is 18.6. The SMILES string of the molecule is COc1ccc(-c2nc3c(c(Nc4ccc(CC(=O)O)cc4)n2)CCC3)cc1.O=C(O)C(F)(F)F. The molecule has 1 heterocycles. The van der Waals surface area contributed by atoms with Crippen LogP contribution in [0.3, 0.4) is 0 Å². The van der Waals surface area contributed by atoms with E-state index in [1.807, 2.05) is 48.5 Å². The van der Waals surface area contributed by atoms with Gasteiger partial charge in [-0.1, -0.05) is 12.1 Å². The molecule has 3 aromatic rings. The monoisotopic (exact) mass is 489 g/mol. The Labute approximate surface area is 198 Å². The van der Waals surface area contributed by atoms with Gasteiger partial charge in [0.1, 0.15) is 11.6 Å². The van der Waals surface area contributed by atoms with Crippen molar-refractivity contribution in [3.8, 4) is 17.1 Å². The molecule has 0 unspecified atom stereocenters. The lowest BCUT2D eigenvalue weighted by Gasteiger charge is -2.13. The molecule has 0 fully saturated rings. The first-order valence-corrected chi connectivity index (χ1v) is 10.5. The average molecular weight is 489 g/mol. The quantitative estimate of drug-likeness (QED) is 0.458. The number of halogens is 3. The molecule has 0 atom stereocenters. The van der Waals surface area contributed by atoms with E-state index in [1.54, 1.807) is 7.11 Å². The fourth-order valence-corrected chi connectivity index (χ4v) is 3.42. The number of aromatic nitrogens is 2. The normalized spacial score (nSPS) is 12.2.